The lowest BCUT2D eigenvalue weighted by Gasteiger charge is -2.37. The fraction of sp³-hybridized carbons (Fsp3) is 0.207. The van der Waals surface area contributed by atoms with E-state index in [1.165, 1.54) is 16.8 Å². The number of benzene rings is 3. The lowest BCUT2D eigenvalue weighted by molar-refractivity contribution is -0.0944. The normalized spacial score (nSPS) is 19.4. The van der Waals surface area contributed by atoms with Crippen LogP contribution in [0.4, 0.5) is 0 Å². The van der Waals surface area contributed by atoms with Crippen LogP contribution in [0.25, 0.3) is 0 Å². The number of aliphatic hydroxyl groups is 1. The first kappa shape index (κ1) is 24.4. The van der Waals surface area contributed by atoms with E-state index in [1.807, 2.05) is 72.8 Å². The predicted molar refractivity (Wildman–Crippen MR) is 136 cm³/mol. The van der Waals surface area contributed by atoms with E-state index in [0.29, 0.717) is 5.56 Å². The largest absolute Gasteiger partial charge is 0.390 e. The molecule has 1 aliphatic rings. The molecule has 0 radical (unpaired) electrons. The average molecular weight is 496 g/mol. The summed E-state index contributed by atoms with van der Waals surface area (Å²) < 4.78 is 14.0. The van der Waals surface area contributed by atoms with Gasteiger partial charge in [0.1, 0.15) is 17.9 Å². The molecule has 5 rings (SSSR count). The number of ether oxygens (including phenoxy) is 2. The zero-order valence-corrected chi connectivity index (χ0v) is 19.9. The molecular weight excluding hydrogens is 470 g/mol. The molecule has 1 saturated heterocycles. The van der Waals surface area contributed by atoms with Crippen LogP contribution in [-0.2, 0) is 15.1 Å². The predicted octanol–water partition coefficient (Wildman–Crippen LogP) is 3.07. The van der Waals surface area contributed by atoms with Crippen molar-refractivity contribution >= 4 is 0 Å². The van der Waals surface area contributed by atoms with Crippen molar-refractivity contribution in [2.45, 2.75) is 30.5 Å². The number of aliphatic hydroxyl groups excluding tert-OH is 1. The van der Waals surface area contributed by atoms with Crippen LogP contribution in [0, 0.1) is 11.3 Å². The van der Waals surface area contributed by atoms with Gasteiger partial charge >= 0.3 is 5.69 Å². The smallest absolute Gasteiger partial charge is 0.330 e. The number of aromatic amines is 1. The second kappa shape index (κ2) is 10.4. The van der Waals surface area contributed by atoms with E-state index >= 15 is 0 Å². The van der Waals surface area contributed by atoms with Crippen LogP contribution in [0.15, 0.2) is 107 Å². The fourth-order valence-corrected chi connectivity index (χ4v) is 4.77. The van der Waals surface area contributed by atoms with Gasteiger partial charge in [-0.2, -0.15) is 5.26 Å². The molecule has 1 aliphatic heterocycles. The number of nitrogens with zero attached hydrogens (tertiary/aromatic N) is 2. The first-order chi connectivity index (χ1) is 18.0. The third-order valence-electron chi connectivity index (χ3n) is 6.61. The third kappa shape index (κ3) is 4.76. The van der Waals surface area contributed by atoms with Crippen molar-refractivity contribution in [1.29, 1.82) is 5.26 Å². The minimum Gasteiger partial charge on any atom is -0.390 e. The summed E-state index contributed by atoms with van der Waals surface area (Å²) in [5, 5.41) is 20.1. The first-order valence-corrected chi connectivity index (χ1v) is 11.9. The maximum absolute atomic E-state index is 12.3. The summed E-state index contributed by atoms with van der Waals surface area (Å²) in [6.45, 7) is 0.0135. The maximum atomic E-state index is 12.3. The quantitative estimate of drug-likeness (QED) is 0.381. The lowest BCUT2D eigenvalue weighted by atomic mass is 9.79. The van der Waals surface area contributed by atoms with Crippen molar-refractivity contribution in [3.05, 3.63) is 140 Å². The van der Waals surface area contributed by atoms with Crippen molar-refractivity contribution in [3.8, 4) is 6.07 Å². The Labute approximate surface area is 213 Å². The summed E-state index contributed by atoms with van der Waals surface area (Å²) in [5.41, 5.74) is 0.905. The van der Waals surface area contributed by atoms with E-state index < -0.39 is 35.3 Å². The van der Waals surface area contributed by atoms with Crippen LogP contribution in [-0.4, -0.2) is 33.5 Å². The number of hydrogen-bond acceptors (Lipinski definition) is 6. The molecule has 0 aliphatic carbocycles. The Bertz CT molecular complexity index is 1470. The standard InChI is InChI=1S/C29H25N3O5/c30-18-20-11-13-23(14-12-20)29(21-7-3-1-4-8-21,22-9-5-2-6-10-22)36-19-25-24(33)17-27(37-25)32-16-15-26(34)31-28(32)35/h1-16,24-25,27,33H,17,19H2,(H,31,34,35)/t24?,25-,27-/m0/s1. The highest BCUT2D eigenvalue weighted by Gasteiger charge is 2.41. The van der Waals surface area contributed by atoms with Gasteiger partial charge in [0, 0.05) is 18.7 Å². The van der Waals surface area contributed by atoms with Gasteiger partial charge in [0.25, 0.3) is 5.56 Å². The molecule has 8 nitrogen and oxygen atoms in total. The summed E-state index contributed by atoms with van der Waals surface area (Å²) in [5.74, 6) is 0. The minimum atomic E-state index is -1.06. The summed E-state index contributed by atoms with van der Waals surface area (Å²) in [6.07, 6.45) is -0.842. The highest BCUT2D eigenvalue weighted by Crippen LogP contribution is 2.41. The molecule has 8 heteroatoms. The highest BCUT2D eigenvalue weighted by atomic mass is 16.6. The van der Waals surface area contributed by atoms with Crippen LogP contribution >= 0.6 is 0 Å². The highest BCUT2D eigenvalue weighted by molar-refractivity contribution is 5.49. The van der Waals surface area contributed by atoms with Crippen molar-refractivity contribution < 1.29 is 14.6 Å². The number of nitriles is 1. The van der Waals surface area contributed by atoms with Crippen LogP contribution in [0.5, 0.6) is 0 Å². The maximum Gasteiger partial charge on any atom is 0.330 e. The van der Waals surface area contributed by atoms with Gasteiger partial charge in [0.15, 0.2) is 0 Å². The van der Waals surface area contributed by atoms with Gasteiger partial charge in [-0.05, 0) is 28.8 Å². The van der Waals surface area contributed by atoms with Gasteiger partial charge in [-0.25, -0.2) is 4.79 Å². The Kier molecular flexibility index (Phi) is 6.84. The molecule has 0 bridgehead atoms. The fourth-order valence-electron chi connectivity index (χ4n) is 4.77. The van der Waals surface area contributed by atoms with Crippen LogP contribution in [0.2, 0.25) is 0 Å². The van der Waals surface area contributed by atoms with E-state index in [0.717, 1.165) is 16.7 Å². The first-order valence-electron chi connectivity index (χ1n) is 11.9. The minimum absolute atomic E-state index is 0.0135. The molecule has 0 amide bonds. The molecule has 186 valence electrons. The topological polar surface area (TPSA) is 117 Å². The van der Waals surface area contributed by atoms with Gasteiger partial charge in [0.2, 0.25) is 0 Å². The van der Waals surface area contributed by atoms with Gasteiger partial charge in [-0.3, -0.25) is 14.3 Å². The van der Waals surface area contributed by atoms with E-state index in [4.69, 9.17) is 9.47 Å². The van der Waals surface area contributed by atoms with Crippen LogP contribution < -0.4 is 11.2 Å². The van der Waals surface area contributed by atoms with Crippen molar-refractivity contribution in [2.24, 2.45) is 0 Å². The second-order valence-corrected chi connectivity index (χ2v) is 8.86. The third-order valence-corrected chi connectivity index (χ3v) is 6.61. The van der Waals surface area contributed by atoms with Crippen molar-refractivity contribution in [1.82, 2.24) is 9.55 Å². The molecule has 4 aromatic rings. The zero-order chi connectivity index (χ0) is 25.8. The summed E-state index contributed by atoms with van der Waals surface area (Å²) in [4.78, 5) is 25.9. The molecule has 3 atom stereocenters. The number of H-pyrrole nitrogens is 1. The van der Waals surface area contributed by atoms with Gasteiger partial charge in [-0.15, -0.1) is 0 Å². The molecule has 37 heavy (non-hydrogen) atoms. The molecule has 0 saturated carbocycles. The Morgan fingerprint density at radius 1 is 0.946 bits per heavy atom. The molecular formula is C29H25N3O5. The van der Waals surface area contributed by atoms with E-state index in [-0.39, 0.29) is 13.0 Å². The number of hydrogen-bond donors (Lipinski definition) is 2. The Balaban J connectivity index is 1.52. The van der Waals surface area contributed by atoms with Gasteiger partial charge in [0.05, 0.1) is 24.3 Å². The summed E-state index contributed by atoms with van der Waals surface area (Å²) in [7, 11) is 0. The molecule has 2 N–H and O–H groups in total. The second-order valence-electron chi connectivity index (χ2n) is 8.86. The zero-order valence-electron chi connectivity index (χ0n) is 19.9. The van der Waals surface area contributed by atoms with Crippen LogP contribution in [0.3, 0.4) is 0 Å². The van der Waals surface area contributed by atoms with E-state index in [9.17, 15) is 20.0 Å². The summed E-state index contributed by atoms with van der Waals surface area (Å²) >= 11 is 0. The number of nitrogens with one attached hydrogen (secondary N) is 1. The monoisotopic (exact) mass is 495 g/mol. The average Bonchev–Trinajstić information content (AvgIpc) is 3.30. The van der Waals surface area contributed by atoms with Crippen LogP contribution in [0.1, 0.15) is 34.9 Å². The van der Waals surface area contributed by atoms with Gasteiger partial charge < -0.3 is 14.6 Å². The van der Waals surface area contributed by atoms with Crippen molar-refractivity contribution in [3.63, 3.8) is 0 Å². The Morgan fingerprint density at radius 3 is 2.11 bits per heavy atom. The molecule has 1 unspecified atom stereocenters. The number of rotatable bonds is 7. The van der Waals surface area contributed by atoms with E-state index in [2.05, 4.69) is 11.1 Å². The van der Waals surface area contributed by atoms with E-state index in [1.54, 1.807) is 12.1 Å². The molecule has 0 spiro atoms. The Hall–Kier alpha value is -4.29. The molecule has 2 heterocycles. The number of aromatic nitrogens is 2. The molecule has 3 aromatic carbocycles. The molecule has 1 fully saturated rings. The Morgan fingerprint density at radius 2 is 1.54 bits per heavy atom. The van der Waals surface area contributed by atoms with Gasteiger partial charge in [-0.1, -0.05) is 72.8 Å². The molecule has 1 aromatic heterocycles. The lowest BCUT2D eigenvalue weighted by Crippen LogP contribution is -2.38. The summed E-state index contributed by atoms with van der Waals surface area (Å²) in [6, 6.07) is 30.1. The van der Waals surface area contributed by atoms with Crippen molar-refractivity contribution in [2.75, 3.05) is 6.61 Å². The SMILES string of the molecule is N#Cc1ccc(C(OC[C@@H]2O[C@H](n3ccc(=O)[nH]c3=O)CC2O)(c2ccccc2)c2ccccc2)cc1.